The maximum Gasteiger partial charge on any atom is 0.124 e. The molecule has 3 heteroatoms. The van der Waals surface area contributed by atoms with E-state index in [9.17, 15) is 4.39 Å². The molecule has 0 bridgehead atoms. The van der Waals surface area contributed by atoms with Gasteiger partial charge >= 0.3 is 0 Å². The molecule has 1 fully saturated rings. The van der Waals surface area contributed by atoms with Gasteiger partial charge in [0.2, 0.25) is 0 Å². The first-order valence-corrected chi connectivity index (χ1v) is 6.97. The highest BCUT2D eigenvalue weighted by molar-refractivity contribution is 5.93. The van der Waals surface area contributed by atoms with Crippen LogP contribution >= 0.6 is 0 Å². The number of pyridine rings is 1. The summed E-state index contributed by atoms with van der Waals surface area (Å²) in [5, 5.41) is 4.06. The van der Waals surface area contributed by atoms with Crippen molar-refractivity contribution < 1.29 is 4.39 Å². The smallest absolute Gasteiger partial charge is 0.124 e. The SMILES string of the molecule is CNc1cc(C2CCCC2)nc2c(C)cc(F)cc12. The van der Waals surface area contributed by atoms with Crippen LogP contribution in [0.2, 0.25) is 0 Å². The van der Waals surface area contributed by atoms with E-state index in [-0.39, 0.29) is 5.82 Å². The van der Waals surface area contributed by atoms with Crippen molar-refractivity contribution in [2.45, 2.75) is 38.5 Å². The van der Waals surface area contributed by atoms with Crippen LogP contribution in [0.4, 0.5) is 10.1 Å². The van der Waals surface area contributed by atoms with Gasteiger partial charge in [0.15, 0.2) is 0 Å². The van der Waals surface area contributed by atoms with Gasteiger partial charge in [-0.3, -0.25) is 4.98 Å². The van der Waals surface area contributed by atoms with Crippen LogP contribution in [0.5, 0.6) is 0 Å². The normalized spacial score (nSPS) is 16.2. The zero-order valence-corrected chi connectivity index (χ0v) is 11.5. The first-order chi connectivity index (χ1) is 9.19. The van der Waals surface area contributed by atoms with E-state index in [0.29, 0.717) is 5.92 Å². The third-order valence-corrected chi connectivity index (χ3v) is 4.13. The van der Waals surface area contributed by atoms with Crippen LogP contribution in [-0.4, -0.2) is 12.0 Å². The number of hydrogen-bond donors (Lipinski definition) is 1. The fraction of sp³-hybridized carbons (Fsp3) is 0.438. The molecular formula is C16H19FN2. The lowest BCUT2D eigenvalue weighted by atomic mass is 10.00. The lowest BCUT2D eigenvalue weighted by Gasteiger charge is -2.14. The first-order valence-electron chi connectivity index (χ1n) is 6.97. The van der Waals surface area contributed by atoms with Gasteiger partial charge < -0.3 is 5.32 Å². The predicted octanol–water partition coefficient (Wildman–Crippen LogP) is 4.38. The van der Waals surface area contributed by atoms with Crippen molar-refractivity contribution in [1.82, 2.24) is 4.98 Å². The molecule has 1 aromatic heterocycles. The fourth-order valence-corrected chi connectivity index (χ4v) is 3.11. The van der Waals surface area contributed by atoms with Gasteiger partial charge in [-0.25, -0.2) is 4.39 Å². The first kappa shape index (κ1) is 12.4. The summed E-state index contributed by atoms with van der Waals surface area (Å²) in [6.07, 6.45) is 5.03. The number of anilines is 1. The van der Waals surface area contributed by atoms with E-state index in [0.717, 1.165) is 27.8 Å². The summed E-state index contributed by atoms with van der Waals surface area (Å²) < 4.78 is 13.6. The molecule has 2 aromatic rings. The standard InChI is InChI=1S/C16H19FN2/c1-10-7-12(17)8-13-15(18-2)9-14(19-16(10)13)11-5-3-4-6-11/h7-9,11H,3-6H2,1-2H3,(H,18,19). The van der Waals surface area contributed by atoms with Gasteiger partial charge in [0.05, 0.1) is 5.52 Å². The molecule has 1 aromatic carbocycles. The second-order valence-electron chi connectivity index (χ2n) is 5.44. The number of aryl methyl sites for hydroxylation is 1. The molecule has 3 rings (SSSR count). The van der Waals surface area contributed by atoms with E-state index in [1.165, 1.54) is 25.7 Å². The number of fused-ring (bicyclic) bond motifs is 1. The Bertz CT molecular complexity index is 616. The van der Waals surface area contributed by atoms with Crippen LogP contribution < -0.4 is 5.32 Å². The highest BCUT2D eigenvalue weighted by Crippen LogP contribution is 2.36. The molecule has 0 spiro atoms. The minimum absolute atomic E-state index is 0.197. The van der Waals surface area contributed by atoms with Crippen molar-refractivity contribution in [1.29, 1.82) is 0 Å². The maximum atomic E-state index is 13.6. The van der Waals surface area contributed by atoms with Gasteiger partial charge in [0, 0.05) is 29.7 Å². The number of nitrogens with one attached hydrogen (secondary N) is 1. The molecule has 0 aliphatic heterocycles. The van der Waals surface area contributed by atoms with Gasteiger partial charge in [-0.15, -0.1) is 0 Å². The molecule has 2 nitrogen and oxygen atoms in total. The van der Waals surface area contributed by atoms with Crippen molar-refractivity contribution in [3.05, 3.63) is 35.3 Å². The fourth-order valence-electron chi connectivity index (χ4n) is 3.11. The van der Waals surface area contributed by atoms with Crippen molar-refractivity contribution >= 4 is 16.6 Å². The molecule has 1 aliphatic rings. The maximum absolute atomic E-state index is 13.6. The number of hydrogen-bond acceptors (Lipinski definition) is 2. The zero-order valence-electron chi connectivity index (χ0n) is 11.5. The number of benzene rings is 1. The Morgan fingerprint density at radius 3 is 2.63 bits per heavy atom. The van der Waals surface area contributed by atoms with Crippen LogP contribution in [0.15, 0.2) is 18.2 Å². The Hall–Kier alpha value is -1.64. The van der Waals surface area contributed by atoms with Crippen LogP contribution in [0.25, 0.3) is 10.9 Å². The minimum atomic E-state index is -0.197. The van der Waals surface area contributed by atoms with Crippen LogP contribution in [0, 0.1) is 12.7 Å². The minimum Gasteiger partial charge on any atom is -0.388 e. The number of halogens is 1. The molecule has 100 valence electrons. The van der Waals surface area contributed by atoms with Crippen LogP contribution in [0.3, 0.4) is 0 Å². The lowest BCUT2D eigenvalue weighted by Crippen LogP contribution is -2.01. The molecule has 0 atom stereocenters. The summed E-state index contributed by atoms with van der Waals surface area (Å²) in [6, 6.07) is 5.23. The molecule has 0 amide bonds. The van der Waals surface area contributed by atoms with Crippen molar-refractivity contribution in [2.24, 2.45) is 0 Å². The lowest BCUT2D eigenvalue weighted by molar-refractivity contribution is 0.628. The van der Waals surface area contributed by atoms with E-state index in [1.54, 1.807) is 12.1 Å². The summed E-state index contributed by atoms with van der Waals surface area (Å²) >= 11 is 0. The quantitative estimate of drug-likeness (QED) is 0.864. The molecule has 1 heterocycles. The van der Waals surface area contributed by atoms with Gasteiger partial charge in [-0.1, -0.05) is 12.8 Å². The Morgan fingerprint density at radius 2 is 1.95 bits per heavy atom. The van der Waals surface area contributed by atoms with E-state index in [4.69, 9.17) is 4.98 Å². The summed E-state index contributed by atoms with van der Waals surface area (Å²) in [5.74, 6) is 0.373. The topological polar surface area (TPSA) is 24.9 Å². The summed E-state index contributed by atoms with van der Waals surface area (Å²) in [5.41, 5.74) is 3.97. The van der Waals surface area contributed by atoms with Gasteiger partial charge in [-0.05, 0) is 43.5 Å². The van der Waals surface area contributed by atoms with Crippen molar-refractivity contribution in [3.8, 4) is 0 Å². The van der Waals surface area contributed by atoms with E-state index < -0.39 is 0 Å². The highest BCUT2D eigenvalue weighted by Gasteiger charge is 2.20. The number of nitrogens with zero attached hydrogens (tertiary/aromatic N) is 1. The average Bonchev–Trinajstić information content (AvgIpc) is 2.91. The third kappa shape index (κ3) is 2.18. The Balaban J connectivity index is 2.21. The number of aromatic nitrogens is 1. The molecule has 0 unspecified atom stereocenters. The van der Waals surface area contributed by atoms with Gasteiger partial charge in [-0.2, -0.15) is 0 Å². The largest absolute Gasteiger partial charge is 0.388 e. The molecular weight excluding hydrogens is 239 g/mol. The average molecular weight is 258 g/mol. The molecule has 0 radical (unpaired) electrons. The summed E-state index contributed by atoms with van der Waals surface area (Å²) in [7, 11) is 1.88. The zero-order chi connectivity index (χ0) is 13.4. The van der Waals surface area contributed by atoms with Gasteiger partial charge in [0.1, 0.15) is 5.82 Å². The predicted molar refractivity (Wildman–Crippen MR) is 77.2 cm³/mol. The monoisotopic (exact) mass is 258 g/mol. The van der Waals surface area contributed by atoms with Crippen molar-refractivity contribution in [2.75, 3.05) is 12.4 Å². The molecule has 19 heavy (non-hydrogen) atoms. The molecule has 1 saturated carbocycles. The Kier molecular flexibility index (Phi) is 3.13. The van der Waals surface area contributed by atoms with Gasteiger partial charge in [0.25, 0.3) is 0 Å². The Morgan fingerprint density at radius 1 is 1.21 bits per heavy atom. The number of rotatable bonds is 2. The van der Waals surface area contributed by atoms with Crippen LogP contribution in [-0.2, 0) is 0 Å². The summed E-state index contributed by atoms with van der Waals surface area (Å²) in [4.78, 5) is 4.80. The summed E-state index contributed by atoms with van der Waals surface area (Å²) in [6.45, 7) is 1.93. The van der Waals surface area contributed by atoms with Crippen molar-refractivity contribution in [3.63, 3.8) is 0 Å². The molecule has 1 N–H and O–H groups in total. The second-order valence-corrected chi connectivity index (χ2v) is 5.44. The highest BCUT2D eigenvalue weighted by atomic mass is 19.1. The second kappa shape index (κ2) is 4.80. The molecule has 1 aliphatic carbocycles. The van der Waals surface area contributed by atoms with Crippen LogP contribution in [0.1, 0.15) is 42.9 Å². The Labute approximate surface area is 113 Å². The van der Waals surface area contributed by atoms with E-state index in [1.807, 2.05) is 14.0 Å². The molecule has 0 saturated heterocycles. The van der Waals surface area contributed by atoms with E-state index in [2.05, 4.69) is 11.4 Å². The third-order valence-electron chi connectivity index (χ3n) is 4.13. The van der Waals surface area contributed by atoms with E-state index >= 15 is 0 Å².